The van der Waals surface area contributed by atoms with Crippen molar-refractivity contribution in [3.63, 3.8) is 0 Å². The van der Waals surface area contributed by atoms with E-state index in [0.29, 0.717) is 12.0 Å². The maximum absolute atomic E-state index is 12.6. The number of hydrogen-bond donors (Lipinski definition) is 1. The Balaban J connectivity index is 1.92. The summed E-state index contributed by atoms with van der Waals surface area (Å²) >= 11 is 1.67. The van der Waals surface area contributed by atoms with E-state index in [1.165, 1.54) is 17.0 Å². The number of benzene rings is 1. The van der Waals surface area contributed by atoms with Crippen molar-refractivity contribution in [2.24, 2.45) is 5.73 Å². The van der Waals surface area contributed by atoms with Crippen LogP contribution in [0.1, 0.15) is 22.4 Å². The number of halogens is 3. The van der Waals surface area contributed by atoms with Gasteiger partial charge in [0.1, 0.15) is 0 Å². The highest BCUT2D eigenvalue weighted by Crippen LogP contribution is 2.29. The molecule has 0 spiro atoms. The summed E-state index contributed by atoms with van der Waals surface area (Å²) in [7, 11) is 0. The molecule has 2 aromatic rings. The van der Waals surface area contributed by atoms with Crippen LogP contribution in [0, 0.1) is 0 Å². The smallest absolute Gasteiger partial charge is 0.327 e. The van der Waals surface area contributed by atoms with Crippen LogP contribution in [0.3, 0.4) is 0 Å². The predicted molar refractivity (Wildman–Crippen MR) is 75.8 cm³/mol. The van der Waals surface area contributed by atoms with Crippen molar-refractivity contribution in [3.8, 4) is 0 Å². The number of rotatable bonds is 5. The lowest BCUT2D eigenvalue weighted by atomic mass is 10.0. The lowest BCUT2D eigenvalue weighted by molar-refractivity contribution is -0.137. The van der Waals surface area contributed by atoms with Crippen molar-refractivity contribution < 1.29 is 13.2 Å². The van der Waals surface area contributed by atoms with Gasteiger partial charge in [0.15, 0.2) is 0 Å². The van der Waals surface area contributed by atoms with Gasteiger partial charge in [-0.1, -0.05) is 24.3 Å². The zero-order valence-corrected chi connectivity index (χ0v) is 11.7. The quantitative estimate of drug-likeness (QED) is 0.876. The molecule has 1 unspecified atom stereocenters. The van der Waals surface area contributed by atoms with Gasteiger partial charge in [-0.3, -0.25) is 0 Å². The Morgan fingerprint density at radius 2 is 1.95 bits per heavy atom. The molecule has 108 valence electrons. The SMILES string of the molecule is NC(CCc1cccs1)Cc1cccc(C(F)(F)F)c1. The minimum atomic E-state index is -4.29. The molecule has 1 atom stereocenters. The van der Waals surface area contributed by atoms with Crippen LogP contribution in [0.25, 0.3) is 0 Å². The molecule has 1 heterocycles. The molecule has 0 bridgehead atoms. The van der Waals surface area contributed by atoms with E-state index in [0.717, 1.165) is 18.9 Å². The van der Waals surface area contributed by atoms with Crippen LogP contribution in [0.2, 0.25) is 0 Å². The molecule has 2 N–H and O–H groups in total. The molecule has 0 saturated carbocycles. The minimum absolute atomic E-state index is 0.124. The number of hydrogen-bond acceptors (Lipinski definition) is 2. The molecule has 1 aromatic carbocycles. The van der Waals surface area contributed by atoms with Crippen LogP contribution >= 0.6 is 11.3 Å². The van der Waals surface area contributed by atoms with Crippen LogP contribution in [0.15, 0.2) is 41.8 Å². The summed E-state index contributed by atoms with van der Waals surface area (Å²) in [6.07, 6.45) is -2.18. The van der Waals surface area contributed by atoms with Gasteiger partial charge in [-0.15, -0.1) is 11.3 Å². The number of nitrogens with two attached hydrogens (primary N) is 1. The van der Waals surface area contributed by atoms with Crippen LogP contribution in [-0.4, -0.2) is 6.04 Å². The fourth-order valence-electron chi connectivity index (χ4n) is 2.06. The van der Waals surface area contributed by atoms with Crippen LogP contribution in [0.5, 0.6) is 0 Å². The van der Waals surface area contributed by atoms with E-state index < -0.39 is 11.7 Å². The van der Waals surface area contributed by atoms with E-state index in [-0.39, 0.29) is 6.04 Å². The van der Waals surface area contributed by atoms with E-state index in [2.05, 4.69) is 0 Å². The first-order valence-corrected chi connectivity index (χ1v) is 7.27. The van der Waals surface area contributed by atoms with Gasteiger partial charge in [0.25, 0.3) is 0 Å². The highest BCUT2D eigenvalue weighted by Gasteiger charge is 2.30. The lowest BCUT2D eigenvalue weighted by Crippen LogP contribution is -2.23. The van der Waals surface area contributed by atoms with E-state index in [4.69, 9.17) is 5.73 Å². The lowest BCUT2D eigenvalue weighted by Gasteiger charge is -2.13. The molecule has 1 nitrogen and oxygen atoms in total. The number of alkyl halides is 3. The van der Waals surface area contributed by atoms with E-state index in [9.17, 15) is 13.2 Å². The average Bonchev–Trinajstić information content (AvgIpc) is 2.89. The Kier molecular flexibility index (Phi) is 4.83. The molecular weight excluding hydrogens is 283 g/mol. The van der Waals surface area contributed by atoms with Gasteiger partial charge < -0.3 is 5.73 Å². The molecule has 0 amide bonds. The molecule has 0 aliphatic carbocycles. The first-order valence-electron chi connectivity index (χ1n) is 6.39. The van der Waals surface area contributed by atoms with Crippen LogP contribution in [-0.2, 0) is 19.0 Å². The van der Waals surface area contributed by atoms with Crippen LogP contribution < -0.4 is 5.73 Å². The first-order chi connectivity index (χ1) is 9.45. The van der Waals surface area contributed by atoms with E-state index in [1.807, 2.05) is 17.5 Å². The van der Waals surface area contributed by atoms with Gasteiger partial charge >= 0.3 is 6.18 Å². The van der Waals surface area contributed by atoms with Crippen molar-refractivity contribution in [1.82, 2.24) is 0 Å². The van der Waals surface area contributed by atoms with E-state index in [1.54, 1.807) is 17.4 Å². The van der Waals surface area contributed by atoms with Crippen molar-refractivity contribution >= 4 is 11.3 Å². The first kappa shape index (κ1) is 15.1. The highest BCUT2D eigenvalue weighted by atomic mass is 32.1. The predicted octanol–water partition coefficient (Wildman–Crippen LogP) is 4.27. The second-order valence-corrected chi connectivity index (χ2v) is 5.81. The monoisotopic (exact) mass is 299 g/mol. The van der Waals surface area contributed by atoms with Crippen molar-refractivity contribution in [1.29, 1.82) is 0 Å². The third-order valence-corrected chi connectivity index (χ3v) is 4.03. The summed E-state index contributed by atoms with van der Waals surface area (Å²) in [6.45, 7) is 0. The molecule has 0 fully saturated rings. The Hall–Kier alpha value is -1.33. The fraction of sp³-hybridized carbons (Fsp3) is 0.333. The van der Waals surface area contributed by atoms with Gasteiger partial charge in [-0.05, 0) is 42.3 Å². The van der Waals surface area contributed by atoms with Crippen molar-refractivity contribution in [2.45, 2.75) is 31.5 Å². The number of aryl methyl sites for hydroxylation is 1. The zero-order chi connectivity index (χ0) is 14.6. The topological polar surface area (TPSA) is 26.0 Å². The zero-order valence-electron chi connectivity index (χ0n) is 10.9. The van der Waals surface area contributed by atoms with Gasteiger partial charge in [0.2, 0.25) is 0 Å². The Morgan fingerprint density at radius 1 is 1.15 bits per heavy atom. The molecular formula is C15H16F3NS. The standard InChI is InChI=1S/C15H16F3NS/c16-15(17,18)12-4-1-3-11(9-12)10-13(19)6-7-14-5-2-8-20-14/h1-5,8-9,13H,6-7,10,19H2. The van der Waals surface area contributed by atoms with Gasteiger partial charge in [0.05, 0.1) is 5.56 Å². The van der Waals surface area contributed by atoms with Gasteiger partial charge in [-0.25, -0.2) is 0 Å². The molecule has 20 heavy (non-hydrogen) atoms. The van der Waals surface area contributed by atoms with Gasteiger partial charge in [0, 0.05) is 10.9 Å². The second kappa shape index (κ2) is 6.41. The minimum Gasteiger partial charge on any atom is -0.327 e. The van der Waals surface area contributed by atoms with Gasteiger partial charge in [-0.2, -0.15) is 13.2 Å². The van der Waals surface area contributed by atoms with Crippen LogP contribution in [0.4, 0.5) is 13.2 Å². The Morgan fingerprint density at radius 3 is 2.60 bits per heavy atom. The Labute approximate surface area is 120 Å². The maximum atomic E-state index is 12.6. The summed E-state index contributed by atoms with van der Waals surface area (Å²) in [5.41, 5.74) is 6.03. The molecule has 0 radical (unpaired) electrons. The summed E-state index contributed by atoms with van der Waals surface area (Å²) < 4.78 is 37.8. The molecule has 0 saturated heterocycles. The average molecular weight is 299 g/mol. The van der Waals surface area contributed by atoms with E-state index >= 15 is 0 Å². The summed E-state index contributed by atoms with van der Waals surface area (Å²) in [4.78, 5) is 1.25. The van der Waals surface area contributed by atoms with Crippen molar-refractivity contribution in [2.75, 3.05) is 0 Å². The highest BCUT2D eigenvalue weighted by molar-refractivity contribution is 7.09. The molecule has 0 aliphatic rings. The third-order valence-electron chi connectivity index (χ3n) is 3.09. The second-order valence-electron chi connectivity index (χ2n) is 4.78. The largest absolute Gasteiger partial charge is 0.416 e. The third kappa shape index (κ3) is 4.35. The normalized spacial score (nSPS) is 13.4. The Bertz CT molecular complexity index is 534. The molecule has 2 rings (SSSR count). The molecule has 1 aromatic heterocycles. The fourth-order valence-corrected chi connectivity index (χ4v) is 2.79. The summed E-state index contributed by atoms with van der Waals surface area (Å²) in [5.74, 6) is 0. The summed E-state index contributed by atoms with van der Waals surface area (Å²) in [6, 6.07) is 9.30. The maximum Gasteiger partial charge on any atom is 0.416 e. The molecule has 5 heteroatoms. The number of thiophene rings is 1. The molecule has 0 aliphatic heterocycles. The summed E-state index contributed by atoms with van der Waals surface area (Å²) in [5, 5.41) is 2.01. The van der Waals surface area contributed by atoms with Crippen molar-refractivity contribution in [3.05, 3.63) is 57.8 Å².